The highest BCUT2D eigenvalue weighted by Gasteiger charge is 2.45. The zero-order valence-corrected chi connectivity index (χ0v) is 16.7. The van der Waals surface area contributed by atoms with E-state index in [0.717, 1.165) is 12.8 Å². The van der Waals surface area contributed by atoms with E-state index in [-0.39, 0.29) is 30.0 Å². The topological polar surface area (TPSA) is 103 Å². The molecule has 1 saturated carbocycles. The predicted octanol–water partition coefficient (Wildman–Crippen LogP) is 1.17. The maximum atomic E-state index is 12.9. The summed E-state index contributed by atoms with van der Waals surface area (Å²) in [6, 6.07) is 6.65. The van der Waals surface area contributed by atoms with Crippen molar-refractivity contribution < 1.29 is 13.2 Å². The summed E-state index contributed by atoms with van der Waals surface area (Å²) in [7, 11) is -1.70. The van der Waals surface area contributed by atoms with Crippen LogP contribution in [0.25, 0.3) is 0 Å². The summed E-state index contributed by atoms with van der Waals surface area (Å²) < 4.78 is 34.7. The summed E-state index contributed by atoms with van der Waals surface area (Å²) >= 11 is 0. The summed E-state index contributed by atoms with van der Waals surface area (Å²) in [5, 5.41) is 3.98. The Morgan fingerprint density at radius 3 is 2.59 bits per heavy atom. The number of halogens is 1. The van der Waals surface area contributed by atoms with Gasteiger partial charge in [-0.3, -0.25) is 4.68 Å². The largest absolute Gasteiger partial charge is 0.486 e. The molecule has 10 heteroatoms. The molecule has 0 bridgehead atoms. The van der Waals surface area contributed by atoms with Gasteiger partial charge in [0.1, 0.15) is 18.7 Å². The molecule has 1 aliphatic heterocycles. The van der Waals surface area contributed by atoms with E-state index in [0.29, 0.717) is 36.5 Å². The van der Waals surface area contributed by atoms with Crippen molar-refractivity contribution >= 4 is 22.4 Å². The normalized spacial score (nSPS) is 25.2. The number of ether oxygens (including phenoxy) is 1. The second-order valence-electron chi connectivity index (χ2n) is 7.05. The molecule has 2 heterocycles. The van der Waals surface area contributed by atoms with Crippen molar-refractivity contribution in [3.05, 3.63) is 36.4 Å². The number of fused-ring (bicyclic) bond motifs is 1. The van der Waals surface area contributed by atoms with Crippen LogP contribution in [0.5, 0.6) is 5.75 Å². The average molecular weight is 414 g/mol. The lowest BCUT2D eigenvalue weighted by atomic mass is 9.98. The summed E-state index contributed by atoms with van der Waals surface area (Å²) in [5.74, 6) is 1.97. The van der Waals surface area contributed by atoms with E-state index in [1.165, 1.54) is 6.33 Å². The van der Waals surface area contributed by atoms with E-state index in [4.69, 9.17) is 10.5 Å². The van der Waals surface area contributed by atoms with E-state index in [9.17, 15) is 8.42 Å². The number of aryl methyl sites for hydroxylation is 1. The van der Waals surface area contributed by atoms with Gasteiger partial charge >= 0.3 is 0 Å². The minimum Gasteiger partial charge on any atom is -0.486 e. The van der Waals surface area contributed by atoms with Crippen LogP contribution in [0, 0.1) is 11.8 Å². The predicted molar refractivity (Wildman–Crippen MR) is 102 cm³/mol. The second-order valence-corrected chi connectivity index (χ2v) is 8.99. The van der Waals surface area contributed by atoms with Gasteiger partial charge in [-0.05, 0) is 48.9 Å². The molecule has 1 aromatic carbocycles. The van der Waals surface area contributed by atoms with Crippen LogP contribution in [-0.2, 0) is 23.7 Å². The SMILES string of the molecule is Cl.Cn1ncnc1COc1ccc(S(=O)(=O)N2CC3CCC(N)C3C2)cc1. The lowest BCUT2D eigenvalue weighted by molar-refractivity contribution is 0.289. The van der Waals surface area contributed by atoms with Gasteiger partial charge < -0.3 is 10.5 Å². The maximum absolute atomic E-state index is 12.9. The second kappa shape index (κ2) is 7.75. The monoisotopic (exact) mass is 413 g/mol. The van der Waals surface area contributed by atoms with Crippen LogP contribution in [0.4, 0.5) is 0 Å². The molecule has 2 fully saturated rings. The van der Waals surface area contributed by atoms with Gasteiger partial charge in [0.2, 0.25) is 10.0 Å². The molecule has 0 amide bonds. The highest BCUT2D eigenvalue weighted by molar-refractivity contribution is 7.89. The number of hydrogen-bond acceptors (Lipinski definition) is 6. The summed E-state index contributed by atoms with van der Waals surface area (Å²) in [5.41, 5.74) is 6.12. The minimum absolute atomic E-state index is 0. The highest BCUT2D eigenvalue weighted by atomic mass is 35.5. The van der Waals surface area contributed by atoms with E-state index in [1.807, 2.05) is 0 Å². The third-order valence-electron chi connectivity index (χ3n) is 5.51. The summed E-state index contributed by atoms with van der Waals surface area (Å²) in [6.45, 7) is 1.37. The Morgan fingerprint density at radius 1 is 1.22 bits per heavy atom. The number of rotatable bonds is 5. The number of benzene rings is 1. The number of nitrogens with zero attached hydrogens (tertiary/aromatic N) is 4. The lowest BCUT2D eigenvalue weighted by Crippen LogP contribution is -2.33. The molecular weight excluding hydrogens is 390 g/mol. The number of hydrogen-bond donors (Lipinski definition) is 1. The van der Waals surface area contributed by atoms with Gasteiger partial charge in [-0.1, -0.05) is 0 Å². The standard InChI is InChI=1S/C17H23N5O3S.ClH/c1-21-17(19-11-20-21)10-25-13-3-5-14(6-4-13)26(23,24)22-8-12-2-7-16(18)15(12)9-22;/h3-6,11-12,15-16H,2,7-10,18H2,1H3;1H. The van der Waals surface area contributed by atoms with Gasteiger partial charge in [-0.25, -0.2) is 13.4 Å². The minimum atomic E-state index is -3.49. The Bertz CT molecular complexity index is 886. The molecule has 0 spiro atoms. The Morgan fingerprint density at radius 2 is 1.96 bits per heavy atom. The Labute approximate surface area is 165 Å². The molecule has 2 N–H and O–H groups in total. The van der Waals surface area contributed by atoms with E-state index in [1.54, 1.807) is 40.3 Å². The van der Waals surface area contributed by atoms with Crippen LogP contribution < -0.4 is 10.5 Å². The molecular formula is C17H24ClN5O3S. The number of sulfonamides is 1. The molecule has 27 heavy (non-hydrogen) atoms. The van der Waals surface area contributed by atoms with E-state index in [2.05, 4.69) is 10.1 Å². The van der Waals surface area contributed by atoms with Crippen molar-refractivity contribution in [3.63, 3.8) is 0 Å². The smallest absolute Gasteiger partial charge is 0.243 e. The molecule has 1 aliphatic carbocycles. The molecule has 0 radical (unpaired) electrons. The van der Waals surface area contributed by atoms with Crippen LogP contribution in [0.2, 0.25) is 0 Å². The van der Waals surface area contributed by atoms with Crippen LogP contribution >= 0.6 is 12.4 Å². The zero-order chi connectivity index (χ0) is 18.3. The van der Waals surface area contributed by atoms with Gasteiger partial charge in [0.15, 0.2) is 5.82 Å². The van der Waals surface area contributed by atoms with Crippen molar-refractivity contribution in [2.45, 2.75) is 30.4 Å². The molecule has 3 atom stereocenters. The summed E-state index contributed by atoms with van der Waals surface area (Å²) in [4.78, 5) is 4.38. The molecule has 2 aliphatic rings. The Hall–Kier alpha value is -1.68. The fourth-order valence-electron chi connectivity index (χ4n) is 3.92. The van der Waals surface area contributed by atoms with Crippen molar-refractivity contribution in [3.8, 4) is 5.75 Å². The average Bonchev–Trinajstić information content (AvgIpc) is 3.32. The van der Waals surface area contributed by atoms with Gasteiger partial charge in [0.25, 0.3) is 0 Å². The van der Waals surface area contributed by atoms with Gasteiger partial charge in [0, 0.05) is 26.2 Å². The molecule has 1 aromatic heterocycles. The first-order valence-electron chi connectivity index (χ1n) is 8.76. The molecule has 4 rings (SSSR count). The molecule has 8 nitrogen and oxygen atoms in total. The van der Waals surface area contributed by atoms with E-state index >= 15 is 0 Å². The highest BCUT2D eigenvalue weighted by Crippen LogP contribution is 2.39. The first-order valence-corrected chi connectivity index (χ1v) is 10.2. The fourth-order valence-corrected chi connectivity index (χ4v) is 5.45. The molecule has 3 unspecified atom stereocenters. The fraction of sp³-hybridized carbons (Fsp3) is 0.529. The van der Waals surface area contributed by atoms with Crippen molar-refractivity contribution in [1.29, 1.82) is 0 Å². The first kappa shape index (κ1) is 20.1. The van der Waals surface area contributed by atoms with Crippen molar-refractivity contribution in [2.75, 3.05) is 13.1 Å². The van der Waals surface area contributed by atoms with Crippen molar-refractivity contribution in [1.82, 2.24) is 19.1 Å². The molecule has 2 aromatic rings. The Balaban J connectivity index is 0.00000210. The number of nitrogens with two attached hydrogens (primary N) is 1. The van der Waals surface area contributed by atoms with E-state index < -0.39 is 10.0 Å². The first-order chi connectivity index (χ1) is 12.4. The quantitative estimate of drug-likeness (QED) is 0.789. The third kappa shape index (κ3) is 3.82. The number of aromatic nitrogens is 3. The van der Waals surface area contributed by atoms with Gasteiger partial charge in [-0.15, -0.1) is 12.4 Å². The van der Waals surface area contributed by atoms with Crippen LogP contribution in [0.3, 0.4) is 0 Å². The molecule has 148 valence electrons. The summed E-state index contributed by atoms with van der Waals surface area (Å²) in [6.07, 6.45) is 3.49. The maximum Gasteiger partial charge on any atom is 0.243 e. The Kier molecular flexibility index (Phi) is 5.76. The van der Waals surface area contributed by atoms with Crippen LogP contribution in [0.15, 0.2) is 35.5 Å². The molecule has 1 saturated heterocycles. The van der Waals surface area contributed by atoms with Gasteiger partial charge in [0.05, 0.1) is 4.90 Å². The lowest BCUT2D eigenvalue weighted by Gasteiger charge is -2.18. The van der Waals surface area contributed by atoms with Crippen molar-refractivity contribution in [2.24, 2.45) is 24.6 Å². The van der Waals surface area contributed by atoms with Crippen LogP contribution in [-0.4, -0.2) is 46.6 Å². The third-order valence-corrected chi connectivity index (χ3v) is 7.36. The van der Waals surface area contributed by atoms with Gasteiger partial charge in [-0.2, -0.15) is 9.40 Å². The van der Waals surface area contributed by atoms with Crippen LogP contribution in [0.1, 0.15) is 18.7 Å². The zero-order valence-electron chi connectivity index (χ0n) is 15.1.